The van der Waals surface area contributed by atoms with Crippen LogP contribution in [0.25, 0.3) is 0 Å². The molecule has 0 radical (unpaired) electrons. The van der Waals surface area contributed by atoms with E-state index < -0.39 is 0 Å². The Morgan fingerprint density at radius 2 is 1.77 bits per heavy atom. The van der Waals surface area contributed by atoms with E-state index in [1.54, 1.807) is 6.21 Å². The van der Waals surface area contributed by atoms with Crippen molar-refractivity contribution in [3.8, 4) is 0 Å². The molecule has 1 saturated carbocycles. The van der Waals surface area contributed by atoms with E-state index in [2.05, 4.69) is 35.5 Å². The monoisotopic (exact) mass is 173 g/mol. The van der Waals surface area contributed by atoms with E-state index in [-0.39, 0.29) is 0 Å². The maximum absolute atomic E-state index is 8.52. The molecule has 0 aliphatic heterocycles. The van der Waals surface area contributed by atoms with E-state index >= 15 is 0 Å². The molecule has 13 heavy (non-hydrogen) atoms. The Bertz CT molecular complexity index is 331. The Kier molecular flexibility index (Phi) is 1.29. The SMILES string of the molecule is ON=CC1=CC2C3C=CC1C=CC32. The quantitative estimate of drug-likeness (QED) is 0.280. The molecule has 0 aromatic heterocycles. The Hall–Kier alpha value is -1.31. The van der Waals surface area contributed by atoms with E-state index in [0.717, 1.165) is 5.57 Å². The summed E-state index contributed by atoms with van der Waals surface area (Å²) in [6.07, 6.45) is 12.8. The average Bonchev–Trinajstić information content (AvgIpc) is 2.80. The fourth-order valence-electron chi connectivity index (χ4n) is 2.43. The number of hydrogen-bond acceptors (Lipinski definition) is 2. The summed E-state index contributed by atoms with van der Waals surface area (Å²) in [5, 5.41) is 11.6. The van der Waals surface area contributed by atoms with Gasteiger partial charge in [0.05, 0.1) is 6.21 Å². The Morgan fingerprint density at radius 3 is 2.38 bits per heavy atom. The summed E-state index contributed by atoms with van der Waals surface area (Å²) in [4.78, 5) is 0. The van der Waals surface area contributed by atoms with Gasteiger partial charge in [-0.05, 0) is 23.3 Å². The molecule has 2 nitrogen and oxygen atoms in total. The van der Waals surface area contributed by atoms with Crippen molar-refractivity contribution in [2.45, 2.75) is 0 Å². The van der Waals surface area contributed by atoms with Crippen molar-refractivity contribution < 1.29 is 5.21 Å². The van der Waals surface area contributed by atoms with Crippen molar-refractivity contribution in [2.75, 3.05) is 0 Å². The van der Waals surface area contributed by atoms with Gasteiger partial charge in [0.25, 0.3) is 0 Å². The summed E-state index contributed by atoms with van der Waals surface area (Å²) in [7, 11) is 0. The van der Waals surface area contributed by atoms with Crippen LogP contribution in [0.15, 0.2) is 41.1 Å². The third-order valence-corrected chi connectivity index (χ3v) is 3.25. The number of rotatable bonds is 1. The lowest BCUT2D eigenvalue weighted by Crippen LogP contribution is -1.97. The lowest BCUT2D eigenvalue weighted by atomic mass is 10.0. The lowest BCUT2D eigenvalue weighted by molar-refractivity contribution is 0.321. The standard InChI is InChI=1S/C11H11NO/c13-12-6-8-5-11-9-3-1-7(8)2-4-10(9)11/h1-7,9-11,13H. The summed E-state index contributed by atoms with van der Waals surface area (Å²) < 4.78 is 0. The zero-order chi connectivity index (χ0) is 8.84. The molecule has 0 aromatic carbocycles. The van der Waals surface area contributed by atoms with Crippen LogP contribution >= 0.6 is 0 Å². The molecule has 4 bridgehead atoms. The van der Waals surface area contributed by atoms with E-state index in [4.69, 9.17) is 5.21 Å². The minimum atomic E-state index is 0.330. The molecule has 0 spiro atoms. The van der Waals surface area contributed by atoms with Gasteiger partial charge in [0, 0.05) is 5.92 Å². The minimum absolute atomic E-state index is 0.330. The highest BCUT2D eigenvalue weighted by Crippen LogP contribution is 2.53. The van der Waals surface area contributed by atoms with Gasteiger partial charge in [0.15, 0.2) is 0 Å². The predicted octanol–water partition coefficient (Wildman–Crippen LogP) is 1.99. The van der Waals surface area contributed by atoms with Gasteiger partial charge < -0.3 is 5.21 Å². The van der Waals surface area contributed by atoms with Crippen molar-refractivity contribution in [1.82, 2.24) is 0 Å². The molecule has 66 valence electrons. The van der Waals surface area contributed by atoms with Crippen LogP contribution in [0.3, 0.4) is 0 Å². The summed E-state index contributed by atoms with van der Waals surface area (Å²) in [6, 6.07) is 0. The van der Waals surface area contributed by atoms with E-state index in [9.17, 15) is 0 Å². The zero-order valence-corrected chi connectivity index (χ0v) is 7.17. The molecule has 1 fully saturated rings. The Labute approximate surface area is 76.9 Å². The highest BCUT2D eigenvalue weighted by molar-refractivity contribution is 5.80. The first-order valence-corrected chi connectivity index (χ1v) is 4.66. The molecule has 0 aromatic rings. The largest absolute Gasteiger partial charge is 0.411 e. The molecular weight excluding hydrogens is 162 g/mol. The van der Waals surface area contributed by atoms with Gasteiger partial charge in [0.2, 0.25) is 0 Å². The second-order valence-corrected chi connectivity index (χ2v) is 3.94. The van der Waals surface area contributed by atoms with E-state index in [1.165, 1.54) is 0 Å². The summed E-state index contributed by atoms with van der Waals surface area (Å²) in [5.74, 6) is 2.42. The fourth-order valence-corrected chi connectivity index (χ4v) is 2.43. The van der Waals surface area contributed by atoms with Crippen molar-refractivity contribution in [3.63, 3.8) is 0 Å². The van der Waals surface area contributed by atoms with Gasteiger partial charge in [-0.2, -0.15) is 0 Å². The van der Waals surface area contributed by atoms with Gasteiger partial charge in [0.1, 0.15) is 0 Å². The molecule has 0 saturated heterocycles. The van der Waals surface area contributed by atoms with Crippen molar-refractivity contribution in [1.29, 1.82) is 0 Å². The molecule has 0 amide bonds. The molecule has 2 unspecified atom stereocenters. The van der Waals surface area contributed by atoms with E-state index in [0.29, 0.717) is 23.7 Å². The van der Waals surface area contributed by atoms with Crippen LogP contribution in [0.5, 0.6) is 0 Å². The number of oxime groups is 1. The minimum Gasteiger partial charge on any atom is -0.411 e. The first-order valence-electron chi connectivity index (χ1n) is 4.66. The average molecular weight is 173 g/mol. The van der Waals surface area contributed by atoms with Crippen molar-refractivity contribution in [3.05, 3.63) is 36.0 Å². The normalized spacial score (nSPS) is 44.8. The van der Waals surface area contributed by atoms with Gasteiger partial charge in [-0.1, -0.05) is 35.5 Å². The van der Waals surface area contributed by atoms with Crippen LogP contribution < -0.4 is 0 Å². The maximum atomic E-state index is 8.52. The van der Waals surface area contributed by atoms with Gasteiger partial charge in [-0.3, -0.25) is 0 Å². The highest BCUT2D eigenvalue weighted by Gasteiger charge is 2.47. The van der Waals surface area contributed by atoms with E-state index in [1.807, 2.05) is 0 Å². The second kappa shape index (κ2) is 2.34. The Morgan fingerprint density at radius 1 is 1.08 bits per heavy atom. The van der Waals surface area contributed by atoms with Crippen LogP contribution in [0.4, 0.5) is 0 Å². The Balaban J connectivity index is 2.06. The summed E-state index contributed by atoms with van der Waals surface area (Å²) in [6.45, 7) is 0. The molecule has 4 aliphatic carbocycles. The van der Waals surface area contributed by atoms with Crippen molar-refractivity contribution >= 4 is 6.21 Å². The molecule has 2 heteroatoms. The summed E-state index contributed by atoms with van der Waals surface area (Å²) >= 11 is 0. The van der Waals surface area contributed by atoms with Crippen LogP contribution in [0, 0.1) is 23.7 Å². The zero-order valence-electron chi connectivity index (χ0n) is 7.17. The maximum Gasteiger partial charge on any atom is 0.0699 e. The van der Waals surface area contributed by atoms with Crippen LogP contribution in [0.2, 0.25) is 0 Å². The number of hydrogen-bond donors (Lipinski definition) is 1. The molecule has 1 N–H and O–H groups in total. The van der Waals surface area contributed by atoms with Crippen LogP contribution in [-0.4, -0.2) is 11.4 Å². The van der Waals surface area contributed by atoms with Gasteiger partial charge in [-0.15, -0.1) is 0 Å². The lowest BCUT2D eigenvalue weighted by Gasteiger charge is -2.04. The smallest absolute Gasteiger partial charge is 0.0699 e. The molecule has 4 aliphatic rings. The molecule has 2 atom stereocenters. The first-order chi connectivity index (χ1) is 6.40. The topological polar surface area (TPSA) is 32.6 Å². The third-order valence-electron chi connectivity index (χ3n) is 3.25. The third kappa shape index (κ3) is 0.916. The van der Waals surface area contributed by atoms with Crippen molar-refractivity contribution in [2.24, 2.45) is 28.8 Å². The molecule has 0 heterocycles. The summed E-state index contributed by atoms with van der Waals surface area (Å²) in [5.41, 5.74) is 1.13. The van der Waals surface area contributed by atoms with Crippen LogP contribution in [0.1, 0.15) is 0 Å². The molecule has 4 rings (SSSR count). The first kappa shape index (κ1) is 7.13. The number of nitrogens with zero attached hydrogens (tertiary/aromatic N) is 1. The predicted molar refractivity (Wildman–Crippen MR) is 50.6 cm³/mol. The fraction of sp³-hybridized carbons (Fsp3) is 0.364. The van der Waals surface area contributed by atoms with Crippen LogP contribution in [-0.2, 0) is 0 Å². The molecular formula is C11H11NO. The number of allylic oxidation sites excluding steroid dienone is 6. The van der Waals surface area contributed by atoms with Gasteiger partial charge >= 0.3 is 0 Å². The second-order valence-electron chi connectivity index (χ2n) is 3.94. The van der Waals surface area contributed by atoms with Gasteiger partial charge in [-0.25, -0.2) is 0 Å². The highest BCUT2D eigenvalue weighted by atomic mass is 16.4.